The molecular weight excluding hydrogens is 294 g/mol. The highest BCUT2D eigenvalue weighted by Crippen LogP contribution is 2.07. The fourth-order valence-electron chi connectivity index (χ4n) is 2.85. The first kappa shape index (κ1) is 23.1. The number of pyridine rings is 1. The summed E-state index contributed by atoms with van der Waals surface area (Å²) in [6.07, 6.45) is 4.42. The van der Waals surface area contributed by atoms with Crippen molar-refractivity contribution in [3.63, 3.8) is 0 Å². The van der Waals surface area contributed by atoms with Gasteiger partial charge in [0.25, 0.3) is 0 Å². The van der Waals surface area contributed by atoms with Crippen LogP contribution in [0.4, 0.5) is 0 Å². The van der Waals surface area contributed by atoms with Crippen molar-refractivity contribution < 1.29 is 0 Å². The van der Waals surface area contributed by atoms with Crippen molar-refractivity contribution in [2.24, 2.45) is 11.8 Å². The maximum absolute atomic E-state index is 4.39. The number of unbranched alkanes of at least 4 members (excludes halogenated alkanes) is 1. The van der Waals surface area contributed by atoms with Crippen LogP contribution in [0.2, 0.25) is 0 Å². The van der Waals surface area contributed by atoms with E-state index < -0.39 is 0 Å². The molecule has 0 N–H and O–H groups in total. The highest BCUT2D eigenvalue weighted by molar-refractivity contribution is 5.02. The second kappa shape index (κ2) is 14.4. The zero-order valence-electron chi connectivity index (χ0n) is 17.3. The summed E-state index contributed by atoms with van der Waals surface area (Å²) in [5.41, 5.74) is 1.16. The minimum absolute atomic E-state index is 0.755. The van der Waals surface area contributed by atoms with E-state index in [1.54, 1.807) is 0 Å². The highest BCUT2D eigenvalue weighted by Gasteiger charge is 2.09. The molecule has 0 radical (unpaired) electrons. The molecule has 1 heterocycles. The molecule has 140 valence electrons. The van der Waals surface area contributed by atoms with Crippen molar-refractivity contribution in [3.8, 4) is 0 Å². The number of rotatable bonds is 11. The minimum Gasteiger partial charge on any atom is -0.303 e. The molecule has 0 saturated heterocycles. The number of hydrogen-bond acceptors (Lipinski definition) is 3. The first-order valence-corrected chi connectivity index (χ1v) is 9.78. The third-order valence-corrected chi connectivity index (χ3v) is 3.67. The number of nitrogens with zero attached hydrogens (tertiary/aromatic N) is 3. The molecule has 1 aromatic rings. The Morgan fingerprint density at radius 2 is 1.50 bits per heavy atom. The molecule has 0 atom stereocenters. The van der Waals surface area contributed by atoms with E-state index in [-0.39, 0.29) is 0 Å². The van der Waals surface area contributed by atoms with Gasteiger partial charge >= 0.3 is 0 Å². The molecule has 1 aromatic heterocycles. The molecule has 0 aliphatic carbocycles. The van der Waals surface area contributed by atoms with E-state index in [2.05, 4.69) is 61.7 Å². The van der Waals surface area contributed by atoms with Gasteiger partial charge in [-0.2, -0.15) is 0 Å². The van der Waals surface area contributed by atoms with Gasteiger partial charge in [0.2, 0.25) is 0 Å². The smallest absolute Gasteiger partial charge is 0.0543 e. The molecule has 1 rings (SSSR count). The van der Waals surface area contributed by atoms with E-state index in [9.17, 15) is 0 Å². The van der Waals surface area contributed by atoms with Crippen molar-refractivity contribution in [1.82, 2.24) is 14.8 Å². The van der Waals surface area contributed by atoms with Gasteiger partial charge in [-0.05, 0) is 56.9 Å². The molecule has 0 saturated carbocycles. The maximum Gasteiger partial charge on any atom is 0.0543 e. The van der Waals surface area contributed by atoms with Crippen LogP contribution in [0.3, 0.4) is 0 Å². The summed E-state index contributed by atoms with van der Waals surface area (Å²) in [5, 5.41) is 0. The summed E-state index contributed by atoms with van der Waals surface area (Å²) >= 11 is 0. The number of hydrogen-bond donors (Lipinski definition) is 0. The minimum atomic E-state index is 0.755. The van der Waals surface area contributed by atoms with Gasteiger partial charge in [-0.3, -0.25) is 4.98 Å². The average Bonchev–Trinajstić information content (AvgIpc) is 2.53. The van der Waals surface area contributed by atoms with Gasteiger partial charge < -0.3 is 9.80 Å². The molecule has 0 fully saturated rings. The predicted octanol–water partition coefficient (Wildman–Crippen LogP) is 4.93. The van der Waals surface area contributed by atoms with Gasteiger partial charge in [-0.1, -0.05) is 47.6 Å². The van der Waals surface area contributed by atoms with Gasteiger partial charge in [-0.25, -0.2) is 0 Å². The Balaban J connectivity index is 0.00000254. The van der Waals surface area contributed by atoms with Gasteiger partial charge in [0, 0.05) is 25.8 Å². The zero-order valence-corrected chi connectivity index (χ0v) is 17.3. The average molecular weight is 336 g/mol. The molecule has 0 amide bonds. The van der Waals surface area contributed by atoms with Crippen LogP contribution in [0.5, 0.6) is 0 Å². The SMILES string of the molecule is CC.CC(C)CN(CCCCN(C)Cc1ccccn1)CC(C)C. The van der Waals surface area contributed by atoms with E-state index in [0.717, 1.165) is 30.6 Å². The molecule has 0 aromatic carbocycles. The second-order valence-corrected chi connectivity index (χ2v) is 7.31. The second-order valence-electron chi connectivity index (χ2n) is 7.31. The molecule has 0 unspecified atom stereocenters. The molecule has 0 bridgehead atoms. The Morgan fingerprint density at radius 3 is 2.00 bits per heavy atom. The molecule has 0 aliphatic heterocycles. The fourth-order valence-corrected chi connectivity index (χ4v) is 2.85. The van der Waals surface area contributed by atoms with Crippen LogP contribution in [0.25, 0.3) is 0 Å². The van der Waals surface area contributed by atoms with Crippen molar-refractivity contribution in [2.75, 3.05) is 33.2 Å². The Kier molecular flexibility index (Phi) is 13.9. The third-order valence-electron chi connectivity index (χ3n) is 3.67. The summed E-state index contributed by atoms with van der Waals surface area (Å²) in [4.78, 5) is 9.40. The van der Waals surface area contributed by atoms with Crippen molar-refractivity contribution in [1.29, 1.82) is 0 Å². The van der Waals surface area contributed by atoms with Crippen LogP contribution in [-0.4, -0.2) is 48.0 Å². The zero-order chi connectivity index (χ0) is 18.4. The lowest BCUT2D eigenvalue weighted by Crippen LogP contribution is -2.32. The van der Waals surface area contributed by atoms with Crippen molar-refractivity contribution >= 4 is 0 Å². The van der Waals surface area contributed by atoms with Crippen molar-refractivity contribution in [3.05, 3.63) is 30.1 Å². The Morgan fingerprint density at radius 1 is 0.917 bits per heavy atom. The van der Waals surface area contributed by atoms with Crippen LogP contribution in [0.1, 0.15) is 60.1 Å². The Labute approximate surface area is 151 Å². The lowest BCUT2D eigenvalue weighted by atomic mass is 10.1. The quantitative estimate of drug-likeness (QED) is 0.534. The van der Waals surface area contributed by atoms with E-state index in [1.165, 1.54) is 32.5 Å². The maximum atomic E-state index is 4.39. The Bertz CT molecular complexity index is 366. The van der Waals surface area contributed by atoms with Gasteiger partial charge in [0.05, 0.1) is 5.69 Å². The lowest BCUT2D eigenvalue weighted by molar-refractivity contribution is 0.210. The molecular formula is C21H41N3. The number of aromatic nitrogens is 1. The van der Waals surface area contributed by atoms with Crippen LogP contribution in [0, 0.1) is 11.8 Å². The molecule has 0 spiro atoms. The third kappa shape index (κ3) is 12.5. The molecule has 3 nitrogen and oxygen atoms in total. The fraction of sp³-hybridized carbons (Fsp3) is 0.762. The topological polar surface area (TPSA) is 19.4 Å². The van der Waals surface area contributed by atoms with Crippen molar-refractivity contribution in [2.45, 2.75) is 60.9 Å². The molecule has 0 aliphatic rings. The predicted molar refractivity (Wildman–Crippen MR) is 107 cm³/mol. The Hall–Kier alpha value is -0.930. The standard InChI is InChI=1S/C19H35N3.C2H6/c1-17(2)14-22(15-18(3)4)13-9-8-12-21(5)16-19-10-6-7-11-20-19;1-2/h6-7,10-11,17-18H,8-9,12-16H2,1-5H3;1-2H3. The monoisotopic (exact) mass is 335 g/mol. The van der Waals surface area contributed by atoms with E-state index in [1.807, 2.05) is 26.1 Å². The largest absolute Gasteiger partial charge is 0.303 e. The van der Waals surface area contributed by atoms with Gasteiger partial charge in [0.15, 0.2) is 0 Å². The van der Waals surface area contributed by atoms with Crippen LogP contribution >= 0.6 is 0 Å². The van der Waals surface area contributed by atoms with E-state index in [0.29, 0.717) is 0 Å². The van der Waals surface area contributed by atoms with Crippen LogP contribution in [-0.2, 0) is 6.54 Å². The van der Waals surface area contributed by atoms with Gasteiger partial charge in [0.1, 0.15) is 0 Å². The first-order chi connectivity index (χ1) is 11.5. The molecule has 3 heteroatoms. The van der Waals surface area contributed by atoms with Crippen LogP contribution in [0.15, 0.2) is 24.4 Å². The summed E-state index contributed by atoms with van der Waals surface area (Å²) in [6.45, 7) is 19.0. The first-order valence-electron chi connectivity index (χ1n) is 9.78. The van der Waals surface area contributed by atoms with Crippen LogP contribution < -0.4 is 0 Å². The normalized spacial score (nSPS) is 11.3. The lowest BCUT2D eigenvalue weighted by Gasteiger charge is -2.26. The highest BCUT2D eigenvalue weighted by atomic mass is 15.1. The summed E-state index contributed by atoms with van der Waals surface area (Å²) in [7, 11) is 2.19. The van der Waals surface area contributed by atoms with Gasteiger partial charge in [-0.15, -0.1) is 0 Å². The van der Waals surface area contributed by atoms with E-state index in [4.69, 9.17) is 0 Å². The summed E-state index contributed by atoms with van der Waals surface area (Å²) < 4.78 is 0. The molecule has 24 heavy (non-hydrogen) atoms. The van der Waals surface area contributed by atoms with E-state index >= 15 is 0 Å². The summed E-state index contributed by atoms with van der Waals surface area (Å²) in [6, 6.07) is 6.14. The summed E-state index contributed by atoms with van der Waals surface area (Å²) in [5.74, 6) is 1.51.